The molecule has 0 aliphatic carbocycles. The van der Waals surface area contributed by atoms with Crippen molar-refractivity contribution >= 4 is 0 Å². The zero-order valence-electron chi connectivity index (χ0n) is 19.8. The molecule has 1 heterocycles. The molecule has 5 nitrogen and oxygen atoms in total. The minimum Gasteiger partial charge on any atom is -0.311 e. The zero-order valence-corrected chi connectivity index (χ0v) is 19.8. The Balaban J connectivity index is 1.57. The smallest absolute Gasteiger partial charge is 0.117 e. The first-order valence-corrected chi connectivity index (χ1v) is 12.3. The van der Waals surface area contributed by atoms with Gasteiger partial charge in [0.25, 0.3) is 0 Å². The molecule has 0 unspecified atom stereocenters. The molecule has 0 aliphatic heterocycles. The molecule has 0 saturated heterocycles. The molecular weight excluding hydrogens is 394 g/mol. The summed E-state index contributed by atoms with van der Waals surface area (Å²) in [5.41, 5.74) is 4.32. The van der Waals surface area contributed by atoms with E-state index in [0.717, 1.165) is 36.5 Å². The maximum atomic E-state index is 4.83. The van der Waals surface area contributed by atoms with Crippen molar-refractivity contribution in [2.75, 3.05) is 26.2 Å². The highest BCUT2D eigenvalue weighted by Gasteiger charge is 2.13. The fourth-order valence-corrected chi connectivity index (χ4v) is 3.87. The number of aromatic nitrogens is 3. The van der Waals surface area contributed by atoms with Crippen molar-refractivity contribution < 1.29 is 0 Å². The van der Waals surface area contributed by atoms with Crippen LogP contribution in [0.1, 0.15) is 57.2 Å². The summed E-state index contributed by atoms with van der Waals surface area (Å²) in [4.78, 5) is 4.45. The molecule has 5 heteroatoms. The van der Waals surface area contributed by atoms with Crippen molar-refractivity contribution in [1.29, 1.82) is 0 Å². The van der Waals surface area contributed by atoms with Crippen LogP contribution in [0.25, 0.3) is 11.3 Å². The second-order valence-electron chi connectivity index (χ2n) is 8.46. The Morgan fingerprint density at radius 2 is 1.41 bits per heavy atom. The van der Waals surface area contributed by atoms with Crippen LogP contribution >= 0.6 is 0 Å². The van der Waals surface area contributed by atoms with Gasteiger partial charge in [-0.25, -0.2) is 0 Å². The number of hydrogen-bond donors (Lipinski definition) is 1. The van der Waals surface area contributed by atoms with E-state index in [2.05, 4.69) is 72.6 Å². The number of nitrogens with one attached hydrogen (secondary N) is 1. The van der Waals surface area contributed by atoms with Gasteiger partial charge in [0.05, 0.1) is 6.54 Å². The number of unbranched alkanes of at least 4 members (excludes halogenated alkanes) is 2. The van der Waals surface area contributed by atoms with E-state index in [-0.39, 0.29) is 0 Å². The molecule has 3 rings (SSSR count). The lowest BCUT2D eigenvalue weighted by molar-refractivity contribution is 0.261. The summed E-state index contributed by atoms with van der Waals surface area (Å²) in [6.07, 6.45) is 6.28. The van der Waals surface area contributed by atoms with Gasteiger partial charge in [0.15, 0.2) is 0 Å². The molecule has 0 fully saturated rings. The average Bonchev–Trinajstić information content (AvgIpc) is 3.23. The molecule has 0 radical (unpaired) electrons. The van der Waals surface area contributed by atoms with Gasteiger partial charge in [-0.05, 0) is 51.0 Å². The Hall–Kier alpha value is -2.50. The summed E-state index contributed by atoms with van der Waals surface area (Å²) in [7, 11) is 0. The quantitative estimate of drug-likeness (QED) is 0.327. The van der Waals surface area contributed by atoms with Crippen molar-refractivity contribution in [3.63, 3.8) is 0 Å². The zero-order chi connectivity index (χ0) is 22.4. The fourth-order valence-electron chi connectivity index (χ4n) is 3.87. The third kappa shape index (κ3) is 7.88. The molecular formula is C27H39N5. The molecule has 32 heavy (non-hydrogen) atoms. The van der Waals surface area contributed by atoms with Crippen LogP contribution in [0.5, 0.6) is 0 Å². The summed E-state index contributed by atoms with van der Waals surface area (Å²) in [5.74, 6) is 0. The van der Waals surface area contributed by atoms with E-state index in [0.29, 0.717) is 6.54 Å². The summed E-state index contributed by atoms with van der Waals surface area (Å²) in [6.45, 7) is 10.6. The van der Waals surface area contributed by atoms with Crippen molar-refractivity contribution in [2.24, 2.45) is 0 Å². The van der Waals surface area contributed by atoms with E-state index in [1.807, 2.05) is 16.9 Å². The van der Waals surface area contributed by atoms with Crippen molar-refractivity contribution in [1.82, 2.24) is 25.2 Å². The normalized spacial score (nSPS) is 11.3. The number of benzene rings is 2. The lowest BCUT2D eigenvalue weighted by atomic mass is 10.1. The number of nitrogens with zero attached hydrogens (tertiary/aromatic N) is 4. The highest BCUT2D eigenvalue weighted by molar-refractivity contribution is 5.60. The molecule has 0 aliphatic rings. The van der Waals surface area contributed by atoms with Crippen molar-refractivity contribution in [3.05, 3.63) is 71.9 Å². The Morgan fingerprint density at radius 1 is 0.781 bits per heavy atom. The lowest BCUT2D eigenvalue weighted by Crippen LogP contribution is -2.29. The molecule has 0 saturated carbocycles. The maximum absolute atomic E-state index is 4.83. The first-order valence-electron chi connectivity index (χ1n) is 12.3. The van der Waals surface area contributed by atoms with Crippen LogP contribution in [0.3, 0.4) is 0 Å². The second-order valence-corrected chi connectivity index (χ2v) is 8.46. The highest BCUT2D eigenvalue weighted by atomic mass is 15.5. The van der Waals surface area contributed by atoms with Crippen LogP contribution in [0.4, 0.5) is 0 Å². The van der Waals surface area contributed by atoms with Gasteiger partial charge >= 0.3 is 0 Å². The van der Waals surface area contributed by atoms with Gasteiger partial charge in [-0.2, -0.15) is 15.0 Å². The Kier molecular flexibility index (Phi) is 10.4. The fraction of sp³-hybridized carbons (Fsp3) is 0.481. The maximum Gasteiger partial charge on any atom is 0.117 e. The molecule has 3 aromatic rings. The average molecular weight is 434 g/mol. The Bertz CT molecular complexity index is 868. The summed E-state index contributed by atoms with van der Waals surface area (Å²) in [6, 6.07) is 20.8. The Labute approximate surface area is 193 Å². The van der Waals surface area contributed by atoms with Gasteiger partial charge in [0.2, 0.25) is 0 Å². The number of rotatable bonds is 15. The third-order valence-electron chi connectivity index (χ3n) is 5.72. The highest BCUT2D eigenvalue weighted by Crippen LogP contribution is 2.20. The topological polar surface area (TPSA) is 46.0 Å². The lowest BCUT2D eigenvalue weighted by Gasteiger charge is -2.21. The van der Waals surface area contributed by atoms with Gasteiger partial charge in [0, 0.05) is 12.1 Å². The van der Waals surface area contributed by atoms with Gasteiger partial charge in [-0.15, -0.1) is 0 Å². The van der Waals surface area contributed by atoms with Crippen LogP contribution in [-0.2, 0) is 13.1 Å². The van der Waals surface area contributed by atoms with Gasteiger partial charge in [0.1, 0.15) is 11.4 Å². The van der Waals surface area contributed by atoms with E-state index in [1.165, 1.54) is 50.9 Å². The predicted molar refractivity (Wildman–Crippen MR) is 134 cm³/mol. The summed E-state index contributed by atoms with van der Waals surface area (Å²) < 4.78 is 0. The van der Waals surface area contributed by atoms with Gasteiger partial charge in [-0.3, -0.25) is 0 Å². The van der Waals surface area contributed by atoms with Gasteiger partial charge in [-0.1, -0.05) is 87.4 Å². The molecule has 0 atom stereocenters. The minimum atomic E-state index is 0.685. The molecule has 172 valence electrons. The first kappa shape index (κ1) is 24.1. The monoisotopic (exact) mass is 433 g/mol. The Morgan fingerprint density at radius 3 is 2.06 bits per heavy atom. The summed E-state index contributed by atoms with van der Waals surface area (Å²) in [5, 5.41) is 13.3. The van der Waals surface area contributed by atoms with E-state index in [9.17, 15) is 0 Å². The minimum absolute atomic E-state index is 0.685. The second kappa shape index (κ2) is 13.8. The van der Waals surface area contributed by atoms with Crippen molar-refractivity contribution in [2.45, 2.75) is 59.0 Å². The molecule has 0 amide bonds. The van der Waals surface area contributed by atoms with E-state index >= 15 is 0 Å². The van der Waals surface area contributed by atoms with Crippen LogP contribution in [0, 0.1) is 0 Å². The molecule has 1 aromatic heterocycles. The molecule has 0 bridgehead atoms. The van der Waals surface area contributed by atoms with Crippen LogP contribution < -0.4 is 5.32 Å². The van der Waals surface area contributed by atoms with E-state index < -0.39 is 0 Å². The molecule has 2 aromatic carbocycles. The van der Waals surface area contributed by atoms with Crippen LogP contribution in [0.2, 0.25) is 0 Å². The number of hydrogen-bond acceptors (Lipinski definition) is 4. The summed E-state index contributed by atoms with van der Waals surface area (Å²) >= 11 is 0. The largest absolute Gasteiger partial charge is 0.311 e. The van der Waals surface area contributed by atoms with Crippen LogP contribution in [-0.4, -0.2) is 46.1 Å². The predicted octanol–water partition coefficient (Wildman–Crippen LogP) is 5.38. The van der Waals surface area contributed by atoms with Gasteiger partial charge < -0.3 is 10.2 Å². The van der Waals surface area contributed by atoms with E-state index in [1.54, 1.807) is 0 Å². The van der Waals surface area contributed by atoms with Crippen molar-refractivity contribution in [3.8, 4) is 11.3 Å². The van der Waals surface area contributed by atoms with Crippen LogP contribution in [0.15, 0.2) is 60.7 Å². The first-order chi connectivity index (χ1) is 15.8. The molecule has 1 N–H and O–H groups in total. The van der Waals surface area contributed by atoms with E-state index in [4.69, 9.17) is 10.2 Å². The third-order valence-corrected chi connectivity index (χ3v) is 5.72. The standard InChI is InChI=1S/C27H39N5/c1-3-5-19-31(20-6-4-2)21-13-18-28-22-26-27(25-16-11-8-12-17-25)30-32(29-26)23-24-14-9-7-10-15-24/h7-12,14-17,28H,3-6,13,18-23H2,1-2H3. The molecule has 0 spiro atoms. The SMILES string of the molecule is CCCCN(CCCC)CCCNCc1nn(Cc2ccccc2)nc1-c1ccccc1.